The molecule has 0 amide bonds. The van der Waals surface area contributed by atoms with Gasteiger partial charge in [-0.3, -0.25) is 0 Å². The normalized spacial score (nSPS) is 12.7. The molecule has 0 spiro atoms. The Morgan fingerprint density at radius 3 is 2.70 bits per heavy atom. The number of hydrogen-bond donors (Lipinski definition) is 1. The maximum atomic E-state index is 4.77. The highest BCUT2D eigenvalue weighted by atomic mass is 32.2. The van der Waals surface area contributed by atoms with Crippen LogP contribution in [0.4, 0.5) is 5.82 Å². The third kappa shape index (κ3) is 5.71. The second-order valence-electron chi connectivity index (χ2n) is 5.64. The van der Waals surface area contributed by atoms with Gasteiger partial charge in [0.05, 0.1) is 5.69 Å². The maximum absolute atomic E-state index is 4.77. The van der Waals surface area contributed by atoms with Crippen LogP contribution >= 0.6 is 11.8 Å². The minimum absolute atomic E-state index is 0.552. The lowest BCUT2D eigenvalue weighted by Gasteiger charge is -2.28. The van der Waals surface area contributed by atoms with Crippen molar-refractivity contribution in [2.75, 3.05) is 30.5 Å². The molecule has 1 heterocycles. The quantitative estimate of drug-likeness (QED) is 0.756. The fourth-order valence-electron chi connectivity index (χ4n) is 2.13. The number of thioether (sulfide) groups is 1. The molecular weight excluding hydrogens is 266 g/mol. The van der Waals surface area contributed by atoms with Gasteiger partial charge in [0.15, 0.2) is 0 Å². The average molecular weight is 295 g/mol. The molecule has 0 saturated carbocycles. The number of rotatable bonds is 9. The third-order valence-electron chi connectivity index (χ3n) is 3.39. The lowest BCUT2D eigenvalue weighted by molar-refractivity contribution is 0.547. The predicted octanol–water partition coefficient (Wildman–Crippen LogP) is 3.41. The van der Waals surface area contributed by atoms with Crippen molar-refractivity contribution < 1.29 is 0 Å². The second kappa shape index (κ2) is 9.24. The third-order valence-corrected chi connectivity index (χ3v) is 4.11. The van der Waals surface area contributed by atoms with Crippen molar-refractivity contribution in [3.63, 3.8) is 0 Å². The summed E-state index contributed by atoms with van der Waals surface area (Å²) in [6.45, 7) is 8.56. The van der Waals surface area contributed by atoms with E-state index >= 15 is 0 Å². The number of nitrogens with one attached hydrogen (secondary N) is 1. The van der Waals surface area contributed by atoms with Gasteiger partial charge in [0.2, 0.25) is 0 Å². The highest BCUT2D eigenvalue weighted by Gasteiger charge is 2.13. The van der Waals surface area contributed by atoms with Crippen molar-refractivity contribution >= 4 is 17.6 Å². The Balaban J connectivity index is 2.66. The monoisotopic (exact) mass is 295 g/mol. The van der Waals surface area contributed by atoms with Gasteiger partial charge in [0.1, 0.15) is 5.82 Å². The number of anilines is 1. The molecule has 0 aliphatic heterocycles. The van der Waals surface area contributed by atoms with Gasteiger partial charge in [-0.1, -0.05) is 26.8 Å². The molecule has 1 atom stereocenters. The minimum atomic E-state index is 0.552. The Bertz CT molecular complexity index is 382. The van der Waals surface area contributed by atoms with E-state index in [0.29, 0.717) is 12.0 Å². The standard InChI is InChI=1S/C16H29N3S/c1-6-15(12-20-5)19(4)16-9-7-8-14(18-16)11-17-10-13(2)3/h7-9,13,15,17H,6,10-12H2,1-5H3. The summed E-state index contributed by atoms with van der Waals surface area (Å²) in [7, 11) is 2.15. The molecule has 0 aromatic carbocycles. The summed E-state index contributed by atoms with van der Waals surface area (Å²) in [4.78, 5) is 7.08. The first-order valence-electron chi connectivity index (χ1n) is 7.46. The van der Waals surface area contributed by atoms with Crippen LogP contribution in [0, 0.1) is 5.92 Å². The molecule has 114 valence electrons. The van der Waals surface area contributed by atoms with E-state index in [1.807, 2.05) is 11.8 Å². The molecule has 1 N–H and O–H groups in total. The van der Waals surface area contributed by atoms with Crippen LogP contribution in [-0.2, 0) is 6.54 Å². The molecule has 0 radical (unpaired) electrons. The van der Waals surface area contributed by atoms with Gasteiger partial charge < -0.3 is 10.2 Å². The maximum Gasteiger partial charge on any atom is 0.128 e. The van der Waals surface area contributed by atoms with Gasteiger partial charge >= 0.3 is 0 Å². The molecule has 0 saturated heterocycles. The molecule has 1 rings (SSSR count). The summed E-state index contributed by atoms with van der Waals surface area (Å²) in [6.07, 6.45) is 3.31. The summed E-state index contributed by atoms with van der Waals surface area (Å²) in [5.74, 6) is 2.89. The van der Waals surface area contributed by atoms with Crippen LogP contribution in [-0.4, -0.2) is 36.6 Å². The number of hydrogen-bond acceptors (Lipinski definition) is 4. The van der Waals surface area contributed by atoms with E-state index in [1.54, 1.807) is 0 Å². The van der Waals surface area contributed by atoms with E-state index in [4.69, 9.17) is 4.98 Å². The van der Waals surface area contributed by atoms with Gasteiger partial charge in [-0.15, -0.1) is 0 Å². The van der Waals surface area contributed by atoms with Crippen molar-refractivity contribution in [2.24, 2.45) is 5.92 Å². The van der Waals surface area contributed by atoms with Crippen LogP contribution in [0.2, 0.25) is 0 Å². The van der Waals surface area contributed by atoms with E-state index in [-0.39, 0.29) is 0 Å². The van der Waals surface area contributed by atoms with E-state index in [0.717, 1.165) is 36.8 Å². The molecule has 0 aliphatic rings. The van der Waals surface area contributed by atoms with Gasteiger partial charge in [-0.2, -0.15) is 11.8 Å². The molecule has 1 unspecified atom stereocenters. The predicted molar refractivity (Wildman–Crippen MR) is 91.6 cm³/mol. The average Bonchev–Trinajstić information content (AvgIpc) is 2.44. The molecule has 1 aromatic heterocycles. The van der Waals surface area contributed by atoms with Crippen LogP contribution in [0.1, 0.15) is 32.9 Å². The fraction of sp³-hybridized carbons (Fsp3) is 0.688. The summed E-state index contributed by atoms with van der Waals surface area (Å²) in [5.41, 5.74) is 1.12. The first-order valence-corrected chi connectivity index (χ1v) is 8.86. The number of nitrogens with zero attached hydrogens (tertiary/aromatic N) is 2. The van der Waals surface area contributed by atoms with E-state index in [2.05, 4.69) is 62.5 Å². The molecule has 0 bridgehead atoms. The highest BCUT2D eigenvalue weighted by Crippen LogP contribution is 2.17. The molecule has 1 aromatic rings. The zero-order valence-electron chi connectivity index (χ0n) is 13.5. The van der Waals surface area contributed by atoms with E-state index in [1.165, 1.54) is 0 Å². The molecule has 4 heteroatoms. The smallest absolute Gasteiger partial charge is 0.128 e. The van der Waals surface area contributed by atoms with Gasteiger partial charge in [-0.25, -0.2) is 4.98 Å². The Morgan fingerprint density at radius 1 is 1.35 bits per heavy atom. The minimum Gasteiger partial charge on any atom is -0.356 e. The van der Waals surface area contributed by atoms with Crippen molar-refractivity contribution in [3.05, 3.63) is 23.9 Å². The lowest BCUT2D eigenvalue weighted by atomic mass is 10.2. The summed E-state index contributed by atoms with van der Waals surface area (Å²) < 4.78 is 0. The summed E-state index contributed by atoms with van der Waals surface area (Å²) in [5, 5.41) is 3.45. The zero-order valence-corrected chi connectivity index (χ0v) is 14.3. The molecular formula is C16H29N3S. The Morgan fingerprint density at radius 2 is 2.10 bits per heavy atom. The molecule has 3 nitrogen and oxygen atoms in total. The van der Waals surface area contributed by atoms with Gasteiger partial charge in [0.25, 0.3) is 0 Å². The Kier molecular flexibility index (Phi) is 8.00. The largest absolute Gasteiger partial charge is 0.356 e. The van der Waals surface area contributed by atoms with Crippen LogP contribution in [0.15, 0.2) is 18.2 Å². The molecule has 20 heavy (non-hydrogen) atoms. The molecule has 0 fully saturated rings. The van der Waals surface area contributed by atoms with Crippen LogP contribution in [0.3, 0.4) is 0 Å². The van der Waals surface area contributed by atoms with Crippen molar-refractivity contribution in [1.29, 1.82) is 0 Å². The SMILES string of the molecule is CCC(CSC)N(C)c1cccc(CNCC(C)C)n1. The summed E-state index contributed by atoms with van der Waals surface area (Å²) >= 11 is 1.90. The van der Waals surface area contributed by atoms with E-state index in [9.17, 15) is 0 Å². The van der Waals surface area contributed by atoms with E-state index < -0.39 is 0 Å². The second-order valence-corrected chi connectivity index (χ2v) is 6.55. The van der Waals surface area contributed by atoms with Crippen molar-refractivity contribution in [3.8, 4) is 0 Å². The Labute approximate surface area is 128 Å². The first kappa shape index (κ1) is 17.3. The first-order chi connectivity index (χ1) is 9.58. The van der Waals surface area contributed by atoms with Crippen LogP contribution in [0.5, 0.6) is 0 Å². The number of pyridine rings is 1. The zero-order chi connectivity index (χ0) is 15.0. The van der Waals surface area contributed by atoms with Crippen LogP contribution < -0.4 is 10.2 Å². The van der Waals surface area contributed by atoms with Gasteiger partial charge in [0, 0.05) is 25.4 Å². The van der Waals surface area contributed by atoms with Crippen molar-refractivity contribution in [1.82, 2.24) is 10.3 Å². The number of aromatic nitrogens is 1. The lowest BCUT2D eigenvalue weighted by Crippen LogP contribution is -2.34. The van der Waals surface area contributed by atoms with Gasteiger partial charge in [-0.05, 0) is 37.3 Å². The Hall–Kier alpha value is -0.740. The van der Waals surface area contributed by atoms with Crippen molar-refractivity contribution in [2.45, 2.75) is 39.8 Å². The van der Waals surface area contributed by atoms with Crippen LogP contribution in [0.25, 0.3) is 0 Å². The molecule has 0 aliphatic carbocycles. The topological polar surface area (TPSA) is 28.2 Å². The summed E-state index contributed by atoms with van der Waals surface area (Å²) in [6, 6.07) is 6.86. The highest BCUT2D eigenvalue weighted by molar-refractivity contribution is 7.98. The fourth-order valence-corrected chi connectivity index (χ4v) is 2.98.